The number of alkyl halides is 5. The van der Waals surface area contributed by atoms with E-state index in [1.807, 2.05) is 0 Å². The number of hydrogen-bond donors (Lipinski definition) is 0. The van der Waals surface area contributed by atoms with E-state index in [1.54, 1.807) is 6.07 Å². The summed E-state index contributed by atoms with van der Waals surface area (Å²) < 4.78 is 30.4. The van der Waals surface area contributed by atoms with Gasteiger partial charge in [0, 0.05) is 5.56 Å². The molecular formula is C10H5Cl3F2N2O. The number of rotatable bonds is 2. The van der Waals surface area contributed by atoms with Crippen LogP contribution in [0, 0.1) is 0 Å². The Morgan fingerprint density at radius 3 is 2.17 bits per heavy atom. The van der Waals surface area contributed by atoms with Gasteiger partial charge in [-0.05, 0) is 0 Å². The van der Waals surface area contributed by atoms with E-state index in [2.05, 4.69) is 14.7 Å². The number of hydrogen-bond acceptors (Lipinski definition) is 3. The maximum Gasteiger partial charge on any atom is 0.335 e. The second kappa shape index (κ2) is 4.64. The van der Waals surface area contributed by atoms with Crippen LogP contribution in [0.25, 0.3) is 0 Å². The molecule has 0 N–H and O–H groups in total. The van der Waals surface area contributed by atoms with Gasteiger partial charge in [0.25, 0.3) is 9.68 Å². The SMILES string of the molecule is FC(F)(c1ccccc1)c1noc(C(Cl)(Cl)Cl)n1. The van der Waals surface area contributed by atoms with Crippen molar-refractivity contribution in [2.45, 2.75) is 9.72 Å². The first kappa shape index (κ1) is 13.5. The Morgan fingerprint density at radius 1 is 1.06 bits per heavy atom. The molecule has 0 fully saturated rings. The quantitative estimate of drug-likeness (QED) is 0.786. The third-order valence-corrected chi connectivity index (χ3v) is 2.57. The molecule has 0 aliphatic rings. The first-order valence-corrected chi connectivity index (χ1v) is 5.80. The lowest BCUT2D eigenvalue weighted by Gasteiger charge is -2.11. The van der Waals surface area contributed by atoms with Crippen LogP contribution in [0.3, 0.4) is 0 Å². The molecule has 0 unspecified atom stereocenters. The van der Waals surface area contributed by atoms with E-state index in [-0.39, 0.29) is 5.56 Å². The number of benzene rings is 1. The fourth-order valence-electron chi connectivity index (χ4n) is 1.24. The summed E-state index contributed by atoms with van der Waals surface area (Å²) in [5, 5.41) is 3.14. The van der Waals surface area contributed by atoms with Crippen molar-refractivity contribution in [3.63, 3.8) is 0 Å². The van der Waals surface area contributed by atoms with Gasteiger partial charge in [-0.3, -0.25) is 0 Å². The third kappa shape index (κ3) is 2.58. The van der Waals surface area contributed by atoms with Gasteiger partial charge in [0.05, 0.1) is 0 Å². The summed E-state index contributed by atoms with van der Waals surface area (Å²) in [6.07, 6.45) is 0. The van der Waals surface area contributed by atoms with Crippen LogP contribution in [-0.2, 0) is 9.72 Å². The van der Waals surface area contributed by atoms with Gasteiger partial charge in [-0.15, -0.1) is 0 Å². The van der Waals surface area contributed by atoms with Crippen LogP contribution in [0.15, 0.2) is 34.9 Å². The van der Waals surface area contributed by atoms with E-state index < -0.39 is 21.4 Å². The lowest BCUT2D eigenvalue weighted by atomic mass is 10.1. The van der Waals surface area contributed by atoms with Crippen LogP contribution in [0.4, 0.5) is 8.78 Å². The second-order valence-electron chi connectivity index (χ2n) is 3.36. The minimum atomic E-state index is -3.42. The van der Waals surface area contributed by atoms with Crippen molar-refractivity contribution in [2.24, 2.45) is 0 Å². The van der Waals surface area contributed by atoms with E-state index in [9.17, 15) is 8.78 Å². The summed E-state index contributed by atoms with van der Waals surface area (Å²) in [6.45, 7) is 0. The van der Waals surface area contributed by atoms with Crippen molar-refractivity contribution in [3.8, 4) is 0 Å². The van der Waals surface area contributed by atoms with Gasteiger partial charge < -0.3 is 4.52 Å². The highest BCUT2D eigenvalue weighted by Gasteiger charge is 2.42. The van der Waals surface area contributed by atoms with Crippen molar-refractivity contribution >= 4 is 34.8 Å². The van der Waals surface area contributed by atoms with Gasteiger partial charge in [-0.25, -0.2) is 0 Å². The number of aromatic nitrogens is 2. The molecule has 3 nitrogen and oxygen atoms in total. The molecule has 0 radical (unpaired) electrons. The van der Waals surface area contributed by atoms with Crippen LogP contribution in [0.2, 0.25) is 0 Å². The summed E-state index contributed by atoms with van der Waals surface area (Å²) >= 11 is 16.4. The molecule has 2 aromatic rings. The van der Waals surface area contributed by atoms with Crippen molar-refractivity contribution < 1.29 is 13.3 Å². The predicted molar refractivity (Wildman–Crippen MR) is 63.0 cm³/mol. The first-order chi connectivity index (χ1) is 8.32. The normalized spacial score (nSPS) is 12.7. The second-order valence-corrected chi connectivity index (χ2v) is 5.64. The molecule has 2 rings (SSSR count). The molecule has 96 valence electrons. The van der Waals surface area contributed by atoms with Crippen molar-refractivity contribution in [1.82, 2.24) is 10.1 Å². The molecule has 8 heteroatoms. The van der Waals surface area contributed by atoms with Crippen LogP contribution in [-0.4, -0.2) is 10.1 Å². The molecule has 0 saturated carbocycles. The highest BCUT2D eigenvalue weighted by molar-refractivity contribution is 6.66. The third-order valence-electron chi connectivity index (χ3n) is 2.09. The summed E-state index contributed by atoms with van der Waals surface area (Å²) in [5.41, 5.74) is -0.276. The Morgan fingerprint density at radius 2 is 1.67 bits per heavy atom. The predicted octanol–water partition coefficient (Wildman–Crippen LogP) is 4.04. The van der Waals surface area contributed by atoms with Gasteiger partial charge in [0.2, 0.25) is 5.82 Å². The molecule has 0 aliphatic carbocycles. The Bertz CT molecular complexity index is 540. The lowest BCUT2D eigenvalue weighted by molar-refractivity contribution is 0.0304. The van der Waals surface area contributed by atoms with Crippen LogP contribution < -0.4 is 0 Å². The summed E-state index contributed by atoms with van der Waals surface area (Å²) in [7, 11) is 0. The molecule has 0 bridgehead atoms. The molecule has 1 heterocycles. The highest BCUT2D eigenvalue weighted by atomic mass is 35.6. The molecule has 0 amide bonds. The first-order valence-electron chi connectivity index (χ1n) is 4.66. The minimum absolute atomic E-state index is 0.276. The Balaban J connectivity index is 2.40. The zero-order valence-corrected chi connectivity index (χ0v) is 10.8. The summed E-state index contributed by atoms with van der Waals surface area (Å²) in [5.74, 6) is -4.77. The summed E-state index contributed by atoms with van der Waals surface area (Å²) in [4.78, 5) is 3.41. The molecule has 0 saturated heterocycles. The number of halogens is 5. The van der Waals surface area contributed by atoms with Crippen molar-refractivity contribution in [2.75, 3.05) is 0 Å². The van der Waals surface area contributed by atoms with Crippen LogP contribution >= 0.6 is 34.8 Å². The maximum atomic E-state index is 14.0. The smallest absolute Gasteiger partial charge is 0.334 e. The van der Waals surface area contributed by atoms with Gasteiger partial charge in [0.1, 0.15) is 0 Å². The topological polar surface area (TPSA) is 38.9 Å². The Labute approximate surface area is 116 Å². The zero-order valence-electron chi connectivity index (χ0n) is 8.58. The maximum absolute atomic E-state index is 14.0. The largest absolute Gasteiger partial charge is 0.335 e. The molecule has 1 aromatic carbocycles. The van der Waals surface area contributed by atoms with Gasteiger partial charge in [0.15, 0.2) is 0 Å². The van der Waals surface area contributed by atoms with Crippen molar-refractivity contribution in [1.29, 1.82) is 0 Å². The Kier molecular flexibility index (Phi) is 3.49. The molecule has 18 heavy (non-hydrogen) atoms. The van der Waals surface area contributed by atoms with E-state index in [0.717, 1.165) is 0 Å². The lowest BCUT2D eigenvalue weighted by Crippen LogP contribution is -2.17. The van der Waals surface area contributed by atoms with E-state index in [0.29, 0.717) is 0 Å². The van der Waals surface area contributed by atoms with E-state index in [4.69, 9.17) is 34.8 Å². The summed E-state index contributed by atoms with van der Waals surface area (Å²) in [6, 6.07) is 7.04. The van der Waals surface area contributed by atoms with Crippen molar-refractivity contribution in [3.05, 3.63) is 47.6 Å². The Hall–Kier alpha value is -0.910. The van der Waals surface area contributed by atoms with Gasteiger partial charge in [-0.1, -0.05) is 70.3 Å². The molecule has 0 atom stereocenters. The monoisotopic (exact) mass is 312 g/mol. The molecule has 0 spiro atoms. The van der Waals surface area contributed by atoms with Crippen LogP contribution in [0.1, 0.15) is 17.3 Å². The average Bonchev–Trinajstić information content (AvgIpc) is 2.79. The van der Waals surface area contributed by atoms with E-state index in [1.165, 1.54) is 24.3 Å². The fraction of sp³-hybridized carbons (Fsp3) is 0.200. The van der Waals surface area contributed by atoms with Gasteiger partial charge in [-0.2, -0.15) is 13.8 Å². The molecule has 1 aromatic heterocycles. The zero-order chi connectivity index (χ0) is 13.4. The fourth-order valence-corrected chi connectivity index (χ4v) is 1.47. The standard InChI is InChI=1S/C10H5Cl3F2N2O/c11-10(12,13)8-16-7(17-18-8)9(14,15)6-4-2-1-3-5-6/h1-5H. The van der Waals surface area contributed by atoms with Gasteiger partial charge >= 0.3 is 5.92 Å². The number of nitrogens with zero attached hydrogens (tertiary/aromatic N) is 2. The average molecular weight is 314 g/mol. The molecule has 0 aliphatic heterocycles. The minimum Gasteiger partial charge on any atom is -0.334 e. The van der Waals surface area contributed by atoms with Crippen LogP contribution in [0.5, 0.6) is 0 Å². The highest BCUT2D eigenvalue weighted by Crippen LogP contribution is 2.39. The van der Waals surface area contributed by atoms with E-state index >= 15 is 0 Å². The molecular weight excluding hydrogens is 308 g/mol.